The summed E-state index contributed by atoms with van der Waals surface area (Å²) in [5, 5.41) is 0. The molecule has 0 aromatic heterocycles. The number of esters is 1. The van der Waals surface area contributed by atoms with E-state index in [9.17, 15) is 4.79 Å². The molecule has 4 nitrogen and oxygen atoms in total. The molecule has 0 aromatic rings. The van der Waals surface area contributed by atoms with E-state index in [2.05, 4.69) is 6.58 Å². The summed E-state index contributed by atoms with van der Waals surface area (Å²) in [5.41, 5.74) is -0.709. The summed E-state index contributed by atoms with van der Waals surface area (Å²) in [5.74, 6) is -0.988. The van der Waals surface area contributed by atoms with E-state index in [0.29, 0.717) is 26.2 Å². The Hall–Kier alpha value is -0.870. The second-order valence-corrected chi connectivity index (χ2v) is 4.95. The molecule has 2 aliphatic rings. The van der Waals surface area contributed by atoms with Crippen LogP contribution in [-0.2, 0) is 19.0 Å². The van der Waals surface area contributed by atoms with Gasteiger partial charge in [0.05, 0.1) is 19.8 Å². The van der Waals surface area contributed by atoms with Gasteiger partial charge in [-0.3, -0.25) is 4.79 Å². The smallest absolute Gasteiger partial charge is 0.317 e. The van der Waals surface area contributed by atoms with Crippen LogP contribution in [0.5, 0.6) is 0 Å². The standard InChI is InChI=1S/C14H22O4/c1-3-7-13(12(15)16-4-2)8-5-6-9-14(13)17-10-11-18-14/h3H,1,4-11H2,2H3. The number of allylic oxidation sites excluding steroid dienone is 1. The Balaban J connectivity index is 2.34. The number of ether oxygens (including phenoxy) is 3. The molecule has 0 N–H and O–H groups in total. The summed E-state index contributed by atoms with van der Waals surface area (Å²) in [4.78, 5) is 12.4. The minimum Gasteiger partial charge on any atom is -0.465 e. The van der Waals surface area contributed by atoms with Crippen LogP contribution < -0.4 is 0 Å². The second kappa shape index (κ2) is 5.41. The fraction of sp³-hybridized carbons (Fsp3) is 0.786. The minimum atomic E-state index is -0.786. The van der Waals surface area contributed by atoms with Gasteiger partial charge in [0, 0.05) is 6.42 Å². The monoisotopic (exact) mass is 254 g/mol. The Morgan fingerprint density at radius 1 is 1.33 bits per heavy atom. The largest absolute Gasteiger partial charge is 0.465 e. The van der Waals surface area contributed by atoms with Crippen molar-refractivity contribution in [3.8, 4) is 0 Å². The SMILES string of the molecule is C=CCC1(C(=O)OCC)CCCCC12OCCO2. The maximum Gasteiger partial charge on any atom is 0.317 e. The lowest BCUT2D eigenvalue weighted by molar-refractivity contribution is -0.258. The number of hydrogen-bond donors (Lipinski definition) is 0. The first-order chi connectivity index (χ1) is 8.71. The molecule has 0 bridgehead atoms. The Kier molecular flexibility index (Phi) is 4.07. The van der Waals surface area contributed by atoms with Crippen molar-refractivity contribution in [3.05, 3.63) is 12.7 Å². The van der Waals surface area contributed by atoms with Crippen molar-refractivity contribution in [3.63, 3.8) is 0 Å². The molecule has 0 radical (unpaired) electrons. The van der Waals surface area contributed by atoms with Crippen LogP contribution in [0.2, 0.25) is 0 Å². The second-order valence-electron chi connectivity index (χ2n) is 4.95. The quantitative estimate of drug-likeness (QED) is 0.571. The molecule has 1 saturated carbocycles. The number of carbonyl (C=O) groups excluding carboxylic acids is 1. The van der Waals surface area contributed by atoms with Crippen LogP contribution in [0.4, 0.5) is 0 Å². The van der Waals surface area contributed by atoms with Crippen molar-refractivity contribution in [2.45, 2.75) is 44.8 Å². The van der Waals surface area contributed by atoms with Crippen molar-refractivity contribution in [2.75, 3.05) is 19.8 Å². The van der Waals surface area contributed by atoms with E-state index >= 15 is 0 Å². The molecule has 18 heavy (non-hydrogen) atoms. The summed E-state index contributed by atoms with van der Waals surface area (Å²) in [6.45, 7) is 7.09. The molecule has 1 atom stereocenters. The van der Waals surface area contributed by atoms with Gasteiger partial charge in [-0.2, -0.15) is 0 Å². The average Bonchev–Trinajstić information content (AvgIpc) is 2.83. The maximum atomic E-state index is 12.4. The molecule has 102 valence electrons. The van der Waals surface area contributed by atoms with Crippen molar-refractivity contribution in [1.29, 1.82) is 0 Å². The molecule has 1 aliphatic carbocycles. The zero-order valence-corrected chi connectivity index (χ0v) is 11.1. The fourth-order valence-corrected chi connectivity index (χ4v) is 3.20. The third-order valence-corrected chi connectivity index (χ3v) is 4.00. The summed E-state index contributed by atoms with van der Waals surface area (Å²) < 4.78 is 17.0. The number of hydrogen-bond acceptors (Lipinski definition) is 4. The maximum absolute atomic E-state index is 12.4. The zero-order chi connectivity index (χ0) is 13.1. The molecule has 1 saturated heterocycles. The predicted octanol–water partition coefficient (Wildman–Crippen LogP) is 2.43. The Labute approximate surface area is 108 Å². The van der Waals surface area contributed by atoms with Gasteiger partial charge in [-0.1, -0.05) is 12.5 Å². The van der Waals surface area contributed by atoms with Crippen LogP contribution in [0.3, 0.4) is 0 Å². The lowest BCUT2D eigenvalue weighted by Crippen LogP contribution is -2.56. The lowest BCUT2D eigenvalue weighted by atomic mass is 9.67. The van der Waals surface area contributed by atoms with Crippen LogP contribution in [0.15, 0.2) is 12.7 Å². The molecular weight excluding hydrogens is 232 g/mol. The molecule has 0 aromatic carbocycles. The third kappa shape index (κ3) is 1.97. The average molecular weight is 254 g/mol. The zero-order valence-electron chi connectivity index (χ0n) is 11.1. The van der Waals surface area contributed by atoms with Crippen LogP contribution in [0.1, 0.15) is 39.0 Å². The van der Waals surface area contributed by atoms with Gasteiger partial charge in [-0.05, 0) is 26.2 Å². The van der Waals surface area contributed by atoms with Crippen molar-refractivity contribution in [1.82, 2.24) is 0 Å². The van der Waals surface area contributed by atoms with Crippen LogP contribution in [-0.4, -0.2) is 31.6 Å². The van der Waals surface area contributed by atoms with Crippen LogP contribution in [0, 0.1) is 5.41 Å². The summed E-state index contributed by atoms with van der Waals surface area (Å²) in [7, 11) is 0. The molecule has 2 fully saturated rings. The van der Waals surface area contributed by atoms with E-state index < -0.39 is 11.2 Å². The minimum absolute atomic E-state index is 0.202. The highest BCUT2D eigenvalue weighted by Gasteiger charge is 2.61. The molecule has 1 spiro atoms. The van der Waals surface area contributed by atoms with E-state index in [1.165, 1.54) is 0 Å². The molecule has 4 heteroatoms. The van der Waals surface area contributed by atoms with Gasteiger partial charge in [-0.15, -0.1) is 6.58 Å². The van der Waals surface area contributed by atoms with Gasteiger partial charge in [-0.25, -0.2) is 0 Å². The Bertz CT molecular complexity index is 320. The van der Waals surface area contributed by atoms with E-state index in [-0.39, 0.29) is 5.97 Å². The molecule has 1 unspecified atom stereocenters. The first-order valence-electron chi connectivity index (χ1n) is 6.77. The topological polar surface area (TPSA) is 44.8 Å². The number of rotatable bonds is 4. The molecule has 1 aliphatic heterocycles. The van der Waals surface area contributed by atoms with Gasteiger partial charge < -0.3 is 14.2 Å². The summed E-state index contributed by atoms with van der Waals surface area (Å²) in [6, 6.07) is 0. The fourth-order valence-electron chi connectivity index (χ4n) is 3.20. The van der Waals surface area contributed by atoms with E-state index in [1.54, 1.807) is 6.08 Å². The molecule has 2 rings (SSSR count). The first kappa shape index (κ1) is 13.6. The molecular formula is C14H22O4. The van der Waals surface area contributed by atoms with E-state index in [1.807, 2.05) is 6.92 Å². The predicted molar refractivity (Wildman–Crippen MR) is 67.0 cm³/mol. The highest BCUT2D eigenvalue weighted by Crippen LogP contribution is 2.52. The van der Waals surface area contributed by atoms with E-state index in [0.717, 1.165) is 25.7 Å². The molecule has 1 heterocycles. The summed E-state index contributed by atoms with van der Waals surface area (Å²) in [6.07, 6.45) is 5.86. The highest BCUT2D eigenvalue weighted by atomic mass is 16.7. The van der Waals surface area contributed by atoms with Gasteiger partial charge in [0.2, 0.25) is 0 Å². The van der Waals surface area contributed by atoms with Crippen LogP contribution in [0.25, 0.3) is 0 Å². The third-order valence-electron chi connectivity index (χ3n) is 4.00. The Morgan fingerprint density at radius 2 is 2.00 bits per heavy atom. The Morgan fingerprint density at radius 3 is 2.61 bits per heavy atom. The first-order valence-corrected chi connectivity index (χ1v) is 6.77. The molecule has 0 amide bonds. The normalized spacial score (nSPS) is 30.3. The van der Waals surface area contributed by atoms with Crippen molar-refractivity contribution in [2.24, 2.45) is 5.41 Å². The van der Waals surface area contributed by atoms with Crippen molar-refractivity contribution < 1.29 is 19.0 Å². The van der Waals surface area contributed by atoms with Gasteiger partial charge in [0.1, 0.15) is 5.41 Å². The van der Waals surface area contributed by atoms with Gasteiger partial charge in [0.25, 0.3) is 0 Å². The lowest BCUT2D eigenvalue weighted by Gasteiger charge is -2.47. The van der Waals surface area contributed by atoms with Gasteiger partial charge in [0.15, 0.2) is 5.79 Å². The number of carbonyl (C=O) groups is 1. The van der Waals surface area contributed by atoms with Gasteiger partial charge >= 0.3 is 5.97 Å². The van der Waals surface area contributed by atoms with Crippen LogP contribution >= 0.6 is 0 Å². The highest BCUT2D eigenvalue weighted by molar-refractivity contribution is 5.78. The van der Waals surface area contributed by atoms with E-state index in [4.69, 9.17) is 14.2 Å². The summed E-state index contributed by atoms with van der Waals surface area (Å²) >= 11 is 0. The van der Waals surface area contributed by atoms with Crippen molar-refractivity contribution >= 4 is 5.97 Å².